The number of fused-ring (bicyclic) bond motifs is 2. The van der Waals surface area contributed by atoms with Crippen LogP contribution in [-0.2, 0) is 13.0 Å². The van der Waals surface area contributed by atoms with Crippen LogP contribution in [0.5, 0.6) is 11.5 Å². The molecule has 1 aromatic carbocycles. The van der Waals surface area contributed by atoms with Gasteiger partial charge >= 0.3 is 0 Å². The van der Waals surface area contributed by atoms with Gasteiger partial charge in [0.05, 0.1) is 11.0 Å². The van der Waals surface area contributed by atoms with Gasteiger partial charge in [0.2, 0.25) is 6.79 Å². The van der Waals surface area contributed by atoms with Crippen molar-refractivity contribution in [3.63, 3.8) is 0 Å². The Bertz CT molecular complexity index is 626. The number of rotatable bonds is 3. The highest BCUT2D eigenvalue weighted by molar-refractivity contribution is 5.81. The van der Waals surface area contributed by atoms with Gasteiger partial charge in [0, 0.05) is 30.6 Å². The lowest BCUT2D eigenvalue weighted by molar-refractivity contribution is 0.174. The Labute approximate surface area is 112 Å². The molecule has 5 heteroatoms. The van der Waals surface area contributed by atoms with E-state index in [0.717, 1.165) is 41.3 Å². The summed E-state index contributed by atoms with van der Waals surface area (Å²) in [5.74, 6) is 2.59. The Balaban J connectivity index is 2.17. The Hall–Kier alpha value is -1.75. The largest absolute Gasteiger partial charge is 0.454 e. The summed E-state index contributed by atoms with van der Waals surface area (Å²) in [5.41, 5.74) is 7.86. The first-order valence-electron chi connectivity index (χ1n) is 6.55. The van der Waals surface area contributed by atoms with Crippen molar-refractivity contribution in [2.75, 3.05) is 6.79 Å². The fourth-order valence-electron chi connectivity index (χ4n) is 2.42. The van der Waals surface area contributed by atoms with Gasteiger partial charge in [-0.3, -0.25) is 0 Å². The molecule has 1 aromatic heterocycles. The van der Waals surface area contributed by atoms with E-state index < -0.39 is 0 Å². The van der Waals surface area contributed by atoms with Crippen molar-refractivity contribution in [3.05, 3.63) is 18.0 Å². The molecule has 1 aliphatic heterocycles. The van der Waals surface area contributed by atoms with E-state index in [2.05, 4.69) is 16.5 Å². The Morgan fingerprint density at radius 2 is 2.00 bits per heavy atom. The van der Waals surface area contributed by atoms with Gasteiger partial charge in [-0.25, -0.2) is 4.98 Å². The molecule has 0 spiro atoms. The maximum absolute atomic E-state index is 6.15. The number of benzene rings is 1. The van der Waals surface area contributed by atoms with Gasteiger partial charge in [0.1, 0.15) is 5.82 Å². The standard InChI is InChI=1S/C14H19N3O2/c1-4-13-16-9-5-11-12(19-8-18-11)6-10(9)17(13)7-14(2,3)15/h5-6H,4,7-8,15H2,1-3H3. The minimum Gasteiger partial charge on any atom is -0.454 e. The zero-order chi connectivity index (χ0) is 13.6. The van der Waals surface area contributed by atoms with E-state index in [9.17, 15) is 0 Å². The Morgan fingerprint density at radius 1 is 1.32 bits per heavy atom. The molecule has 0 saturated carbocycles. The van der Waals surface area contributed by atoms with Gasteiger partial charge in [0.25, 0.3) is 0 Å². The van der Waals surface area contributed by atoms with Crippen LogP contribution >= 0.6 is 0 Å². The fourth-order valence-corrected chi connectivity index (χ4v) is 2.42. The molecule has 5 nitrogen and oxygen atoms in total. The van der Waals surface area contributed by atoms with E-state index >= 15 is 0 Å². The minimum atomic E-state index is -0.284. The molecule has 2 aromatic rings. The van der Waals surface area contributed by atoms with Crippen molar-refractivity contribution in [1.29, 1.82) is 0 Å². The maximum atomic E-state index is 6.15. The highest BCUT2D eigenvalue weighted by Crippen LogP contribution is 2.36. The first kappa shape index (κ1) is 12.3. The maximum Gasteiger partial charge on any atom is 0.231 e. The first-order chi connectivity index (χ1) is 8.98. The lowest BCUT2D eigenvalue weighted by atomic mass is 10.1. The predicted molar refractivity (Wildman–Crippen MR) is 73.5 cm³/mol. The number of hydrogen-bond donors (Lipinski definition) is 1. The third-order valence-corrected chi connectivity index (χ3v) is 3.20. The summed E-state index contributed by atoms with van der Waals surface area (Å²) in [6.07, 6.45) is 0.872. The molecule has 0 atom stereocenters. The van der Waals surface area contributed by atoms with E-state index in [1.807, 2.05) is 26.0 Å². The van der Waals surface area contributed by atoms with Crippen molar-refractivity contribution in [2.24, 2.45) is 5.73 Å². The highest BCUT2D eigenvalue weighted by Gasteiger charge is 2.21. The lowest BCUT2D eigenvalue weighted by Crippen LogP contribution is -2.37. The van der Waals surface area contributed by atoms with Crippen LogP contribution in [0.2, 0.25) is 0 Å². The number of ether oxygens (including phenoxy) is 2. The van der Waals surface area contributed by atoms with Crippen LogP contribution in [0.3, 0.4) is 0 Å². The van der Waals surface area contributed by atoms with Gasteiger partial charge < -0.3 is 19.8 Å². The molecular formula is C14H19N3O2. The third-order valence-electron chi connectivity index (χ3n) is 3.20. The van der Waals surface area contributed by atoms with Crippen LogP contribution in [0, 0.1) is 0 Å². The quantitative estimate of drug-likeness (QED) is 0.918. The Kier molecular flexibility index (Phi) is 2.67. The highest BCUT2D eigenvalue weighted by atomic mass is 16.7. The summed E-state index contributed by atoms with van der Waals surface area (Å²) in [6, 6.07) is 3.94. The van der Waals surface area contributed by atoms with Crippen LogP contribution in [0.1, 0.15) is 26.6 Å². The first-order valence-corrected chi connectivity index (χ1v) is 6.55. The van der Waals surface area contributed by atoms with E-state index in [1.165, 1.54) is 0 Å². The fraction of sp³-hybridized carbons (Fsp3) is 0.500. The topological polar surface area (TPSA) is 62.3 Å². The summed E-state index contributed by atoms with van der Waals surface area (Å²) >= 11 is 0. The molecule has 1 aliphatic rings. The minimum absolute atomic E-state index is 0.283. The van der Waals surface area contributed by atoms with E-state index in [0.29, 0.717) is 0 Å². The van der Waals surface area contributed by atoms with Crippen LogP contribution in [-0.4, -0.2) is 21.9 Å². The number of imidazole rings is 1. The summed E-state index contributed by atoms with van der Waals surface area (Å²) in [6.45, 7) is 7.15. The van der Waals surface area contributed by atoms with Crippen molar-refractivity contribution in [3.8, 4) is 11.5 Å². The smallest absolute Gasteiger partial charge is 0.231 e. The molecule has 0 radical (unpaired) electrons. The van der Waals surface area contributed by atoms with Crippen molar-refractivity contribution in [1.82, 2.24) is 9.55 Å². The van der Waals surface area contributed by atoms with Crippen LogP contribution in [0.4, 0.5) is 0 Å². The molecule has 0 amide bonds. The van der Waals surface area contributed by atoms with Gasteiger partial charge in [0.15, 0.2) is 11.5 Å². The molecule has 0 saturated heterocycles. The molecule has 0 unspecified atom stereocenters. The SMILES string of the molecule is CCc1nc2cc3c(cc2n1CC(C)(C)N)OCO3. The van der Waals surface area contributed by atoms with Gasteiger partial charge in [-0.05, 0) is 13.8 Å². The third kappa shape index (κ3) is 2.14. The second-order valence-electron chi connectivity index (χ2n) is 5.65. The average Bonchev–Trinajstić information content (AvgIpc) is 2.89. The van der Waals surface area contributed by atoms with Crippen LogP contribution in [0.15, 0.2) is 12.1 Å². The molecule has 3 rings (SSSR count). The second-order valence-corrected chi connectivity index (χ2v) is 5.65. The van der Waals surface area contributed by atoms with E-state index in [-0.39, 0.29) is 12.3 Å². The van der Waals surface area contributed by atoms with Crippen molar-refractivity contribution >= 4 is 11.0 Å². The monoisotopic (exact) mass is 261 g/mol. The molecular weight excluding hydrogens is 242 g/mol. The average molecular weight is 261 g/mol. The number of aromatic nitrogens is 2. The van der Waals surface area contributed by atoms with E-state index in [4.69, 9.17) is 15.2 Å². The number of hydrogen-bond acceptors (Lipinski definition) is 4. The predicted octanol–water partition coefficient (Wildman–Crippen LogP) is 2.06. The summed E-state index contributed by atoms with van der Waals surface area (Å²) in [7, 11) is 0. The number of nitrogens with zero attached hydrogens (tertiary/aromatic N) is 2. The molecule has 2 N–H and O–H groups in total. The normalized spacial score (nSPS) is 14.3. The van der Waals surface area contributed by atoms with Crippen LogP contribution < -0.4 is 15.2 Å². The van der Waals surface area contributed by atoms with Crippen molar-refractivity contribution in [2.45, 2.75) is 39.3 Å². The molecule has 102 valence electrons. The van der Waals surface area contributed by atoms with Crippen LogP contribution in [0.25, 0.3) is 11.0 Å². The number of aryl methyl sites for hydroxylation is 1. The lowest BCUT2D eigenvalue weighted by Gasteiger charge is -2.21. The number of nitrogens with two attached hydrogens (primary N) is 1. The van der Waals surface area contributed by atoms with E-state index in [1.54, 1.807) is 0 Å². The molecule has 0 fully saturated rings. The van der Waals surface area contributed by atoms with Crippen molar-refractivity contribution < 1.29 is 9.47 Å². The molecule has 0 aliphatic carbocycles. The zero-order valence-electron chi connectivity index (χ0n) is 11.6. The molecule has 19 heavy (non-hydrogen) atoms. The molecule has 0 bridgehead atoms. The molecule has 2 heterocycles. The summed E-state index contributed by atoms with van der Waals surface area (Å²) < 4.78 is 13.0. The van der Waals surface area contributed by atoms with Gasteiger partial charge in [-0.2, -0.15) is 0 Å². The summed E-state index contributed by atoms with van der Waals surface area (Å²) in [4.78, 5) is 4.66. The summed E-state index contributed by atoms with van der Waals surface area (Å²) in [5, 5.41) is 0. The van der Waals surface area contributed by atoms with Gasteiger partial charge in [-0.15, -0.1) is 0 Å². The zero-order valence-corrected chi connectivity index (χ0v) is 11.6. The Morgan fingerprint density at radius 3 is 2.63 bits per heavy atom. The van der Waals surface area contributed by atoms with Gasteiger partial charge in [-0.1, -0.05) is 6.92 Å². The second kappa shape index (κ2) is 4.13.